The summed E-state index contributed by atoms with van der Waals surface area (Å²) in [6.45, 7) is 4.00. The Kier molecular flexibility index (Phi) is 4.90. The van der Waals surface area contributed by atoms with Crippen molar-refractivity contribution in [2.24, 2.45) is 0 Å². The van der Waals surface area contributed by atoms with Gasteiger partial charge in [0.1, 0.15) is 0 Å². The molecule has 0 spiro atoms. The minimum Gasteiger partial charge on any atom is -0.482 e. The first-order valence-electron chi connectivity index (χ1n) is 3.55. The van der Waals surface area contributed by atoms with Gasteiger partial charge in [0.25, 0.3) is 0 Å². The molecule has 0 unspecified atom stereocenters. The molecule has 1 heterocycles. The Balaban J connectivity index is 0.000000461. The van der Waals surface area contributed by atoms with Crippen molar-refractivity contribution in [3.05, 3.63) is 28.6 Å². The van der Waals surface area contributed by atoms with Gasteiger partial charge in [-0.1, -0.05) is 13.8 Å². The molecule has 3 heteroatoms. The van der Waals surface area contributed by atoms with Gasteiger partial charge in [0.2, 0.25) is 0 Å². The van der Waals surface area contributed by atoms with Crippen LogP contribution >= 0.6 is 0 Å². The normalized spacial score (nSPS) is 7.91. The second kappa shape index (κ2) is 5.53. The van der Waals surface area contributed by atoms with Crippen molar-refractivity contribution in [2.75, 3.05) is 7.11 Å². The van der Waals surface area contributed by atoms with Crippen molar-refractivity contribution in [1.82, 2.24) is 4.98 Å². The topological polar surface area (TPSA) is 42.1 Å². The molecule has 0 aliphatic heterocycles. The number of hydrogen-bond acceptors (Lipinski definition) is 2. The number of methoxy groups -OCH3 is 1. The fourth-order valence-electron chi connectivity index (χ4n) is 0.543. The molecule has 0 aromatic carbocycles. The minimum absolute atomic E-state index is 0.0504. The highest BCUT2D eigenvalue weighted by Crippen LogP contribution is 1.95. The first-order valence-corrected chi connectivity index (χ1v) is 3.55. The SMILES string of the molecule is CC.COc1cc(=O)cc[nH]1. The van der Waals surface area contributed by atoms with Crippen molar-refractivity contribution in [3.8, 4) is 5.88 Å². The average Bonchev–Trinajstić information content (AvgIpc) is 2.08. The summed E-state index contributed by atoms with van der Waals surface area (Å²) in [6.07, 6.45) is 1.54. The van der Waals surface area contributed by atoms with E-state index in [4.69, 9.17) is 4.74 Å². The Bertz CT molecular complexity index is 242. The number of ether oxygens (including phenoxy) is 1. The van der Waals surface area contributed by atoms with Crippen LogP contribution in [0.1, 0.15) is 13.8 Å². The van der Waals surface area contributed by atoms with Crippen molar-refractivity contribution in [1.29, 1.82) is 0 Å². The van der Waals surface area contributed by atoms with E-state index in [9.17, 15) is 4.79 Å². The van der Waals surface area contributed by atoms with Crippen molar-refractivity contribution in [3.63, 3.8) is 0 Å². The lowest BCUT2D eigenvalue weighted by molar-refractivity contribution is 0.397. The summed E-state index contributed by atoms with van der Waals surface area (Å²) >= 11 is 0. The summed E-state index contributed by atoms with van der Waals surface area (Å²) in [4.78, 5) is 13.3. The van der Waals surface area contributed by atoms with Crippen LogP contribution in [-0.2, 0) is 0 Å². The number of aromatic nitrogens is 1. The standard InChI is InChI=1S/C6H7NO2.C2H6/c1-9-6-4-5(8)2-3-7-6;1-2/h2-4H,1H3,(H,7,8);1-2H3. The van der Waals surface area contributed by atoms with Gasteiger partial charge in [-0.25, -0.2) is 0 Å². The molecule has 0 atom stereocenters. The number of aromatic amines is 1. The lowest BCUT2D eigenvalue weighted by atomic mass is 10.5. The summed E-state index contributed by atoms with van der Waals surface area (Å²) in [7, 11) is 1.51. The third kappa shape index (κ3) is 3.45. The molecular weight excluding hydrogens is 142 g/mol. The second-order valence-corrected chi connectivity index (χ2v) is 1.59. The monoisotopic (exact) mass is 155 g/mol. The minimum atomic E-state index is -0.0504. The third-order valence-corrected chi connectivity index (χ3v) is 0.966. The number of rotatable bonds is 1. The first-order chi connectivity index (χ1) is 5.33. The van der Waals surface area contributed by atoms with Gasteiger partial charge >= 0.3 is 0 Å². The van der Waals surface area contributed by atoms with Crippen LogP contribution in [0, 0.1) is 0 Å². The molecule has 3 nitrogen and oxygen atoms in total. The molecule has 0 aliphatic rings. The van der Waals surface area contributed by atoms with Gasteiger partial charge in [-0.3, -0.25) is 4.79 Å². The summed E-state index contributed by atoms with van der Waals surface area (Å²) in [5.74, 6) is 0.488. The molecule has 0 saturated heterocycles. The molecule has 62 valence electrons. The molecular formula is C8H13NO2. The van der Waals surface area contributed by atoms with Gasteiger partial charge in [0, 0.05) is 18.3 Å². The summed E-state index contributed by atoms with van der Waals surface area (Å²) in [5, 5.41) is 0. The summed E-state index contributed by atoms with van der Waals surface area (Å²) in [6, 6.07) is 2.82. The highest BCUT2D eigenvalue weighted by molar-refractivity contribution is 5.09. The Morgan fingerprint density at radius 3 is 2.45 bits per heavy atom. The molecule has 0 bridgehead atoms. The Labute approximate surface area is 66.0 Å². The van der Waals surface area contributed by atoms with Gasteiger partial charge in [-0.15, -0.1) is 0 Å². The van der Waals surface area contributed by atoms with Gasteiger partial charge in [0.05, 0.1) is 7.11 Å². The zero-order chi connectivity index (χ0) is 8.69. The van der Waals surface area contributed by atoms with Crippen molar-refractivity contribution < 1.29 is 4.74 Å². The lowest BCUT2D eigenvalue weighted by Gasteiger charge is -1.94. The molecule has 0 aliphatic carbocycles. The molecule has 1 N–H and O–H groups in total. The Morgan fingerprint density at radius 2 is 2.09 bits per heavy atom. The van der Waals surface area contributed by atoms with E-state index in [0.717, 1.165) is 0 Å². The molecule has 1 aromatic heterocycles. The van der Waals surface area contributed by atoms with Crippen LogP contribution in [-0.4, -0.2) is 12.1 Å². The van der Waals surface area contributed by atoms with E-state index in [2.05, 4.69) is 4.98 Å². The van der Waals surface area contributed by atoms with Gasteiger partial charge in [0.15, 0.2) is 11.3 Å². The molecule has 0 radical (unpaired) electrons. The Morgan fingerprint density at radius 1 is 1.45 bits per heavy atom. The van der Waals surface area contributed by atoms with Crippen LogP contribution in [0.3, 0.4) is 0 Å². The maximum Gasteiger partial charge on any atom is 0.194 e. The van der Waals surface area contributed by atoms with E-state index >= 15 is 0 Å². The van der Waals surface area contributed by atoms with Gasteiger partial charge in [-0.05, 0) is 0 Å². The predicted molar refractivity (Wildman–Crippen MR) is 45.0 cm³/mol. The molecule has 0 fully saturated rings. The van der Waals surface area contributed by atoms with Crippen LogP contribution < -0.4 is 10.2 Å². The largest absolute Gasteiger partial charge is 0.482 e. The summed E-state index contributed by atoms with van der Waals surface area (Å²) < 4.78 is 4.74. The highest BCUT2D eigenvalue weighted by atomic mass is 16.5. The third-order valence-electron chi connectivity index (χ3n) is 0.966. The van der Waals surface area contributed by atoms with Crippen LogP contribution in [0.25, 0.3) is 0 Å². The maximum absolute atomic E-state index is 10.5. The lowest BCUT2D eigenvalue weighted by Crippen LogP contribution is -1.98. The molecule has 1 rings (SSSR count). The van der Waals surface area contributed by atoms with E-state index in [1.165, 1.54) is 19.2 Å². The molecule has 11 heavy (non-hydrogen) atoms. The fourth-order valence-corrected chi connectivity index (χ4v) is 0.543. The smallest absolute Gasteiger partial charge is 0.194 e. The van der Waals surface area contributed by atoms with Gasteiger partial charge in [-0.2, -0.15) is 0 Å². The van der Waals surface area contributed by atoms with Crippen LogP contribution in [0.4, 0.5) is 0 Å². The van der Waals surface area contributed by atoms with Crippen LogP contribution in [0.2, 0.25) is 0 Å². The maximum atomic E-state index is 10.5. The zero-order valence-corrected chi connectivity index (χ0v) is 7.05. The van der Waals surface area contributed by atoms with E-state index in [1.807, 2.05) is 13.8 Å². The zero-order valence-electron chi connectivity index (χ0n) is 7.05. The van der Waals surface area contributed by atoms with Crippen molar-refractivity contribution >= 4 is 0 Å². The molecule has 0 amide bonds. The number of nitrogens with one attached hydrogen (secondary N) is 1. The van der Waals surface area contributed by atoms with Gasteiger partial charge < -0.3 is 9.72 Å². The highest BCUT2D eigenvalue weighted by Gasteiger charge is 1.86. The number of hydrogen-bond donors (Lipinski definition) is 1. The van der Waals surface area contributed by atoms with E-state index in [-0.39, 0.29) is 5.43 Å². The van der Waals surface area contributed by atoms with Crippen LogP contribution in [0.5, 0.6) is 5.88 Å². The van der Waals surface area contributed by atoms with E-state index < -0.39 is 0 Å². The summed E-state index contributed by atoms with van der Waals surface area (Å²) in [5.41, 5.74) is -0.0504. The Hall–Kier alpha value is -1.25. The number of pyridine rings is 1. The predicted octanol–water partition coefficient (Wildman–Crippen LogP) is 1.41. The molecule has 0 saturated carbocycles. The van der Waals surface area contributed by atoms with Crippen molar-refractivity contribution in [2.45, 2.75) is 13.8 Å². The first kappa shape index (κ1) is 9.75. The van der Waals surface area contributed by atoms with E-state index in [0.29, 0.717) is 5.88 Å². The quantitative estimate of drug-likeness (QED) is 0.666. The molecule has 1 aromatic rings. The fraction of sp³-hybridized carbons (Fsp3) is 0.375. The average molecular weight is 155 g/mol. The second-order valence-electron chi connectivity index (χ2n) is 1.59. The van der Waals surface area contributed by atoms with E-state index in [1.54, 1.807) is 6.20 Å². The van der Waals surface area contributed by atoms with Crippen LogP contribution in [0.15, 0.2) is 23.1 Å². The number of H-pyrrole nitrogens is 1.